The summed E-state index contributed by atoms with van der Waals surface area (Å²) < 4.78 is 11.7. The van der Waals surface area contributed by atoms with Crippen LogP contribution >= 0.6 is 0 Å². The quantitative estimate of drug-likeness (QED) is 0.338. The van der Waals surface area contributed by atoms with Crippen LogP contribution in [-0.4, -0.2) is 34.1 Å². The van der Waals surface area contributed by atoms with Crippen molar-refractivity contribution in [2.45, 2.75) is 58.1 Å². The molecule has 0 fully saturated rings. The van der Waals surface area contributed by atoms with E-state index in [1.807, 2.05) is 37.3 Å². The number of hydrogen-bond acceptors (Lipinski definition) is 5. The summed E-state index contributed by atoms with van der Waals surface area (Å²) in [6.45, 7) is 3.44. The first-order chi connectivity index (χ1) is 17.3. The molecule has 2 heterocycles. The average molecular weight is 489 g/mol. The van der Waals surface area contributed by atoms with Gasteiger partial charge in [0.25, 0.3) is 5.91 Å². The van der Waals surface area contributed by atoms with Crippen molar-refractivity contribution in [2.24, 2.45) is 0 Å². The first-order valence-electron chi connectivity index (χ1n) is 12.2. The second-order valence-corrected chi connectivity index (χ2v) is 9.41. The normalized spacial score (nSPS) is 14.8. The summed E-state index contributed by atoms with van der Waals surface area (Å²) in [6.07, 6.45) is 4.21. The molecule has 2 aromatic carbocycles. The molecular weight excluding hydrogens is 460 g/mol. The number of hydrogen-bond donors (Lipinski definition) is 3. The summed E-state index contributed by atoms with van der Waals surface area (Å²) in [5, 5.41) is 14.0. The first kappa shape index (κ1) is 23.7. The smallest absolute Gasteiger partial charge is 0.339 e. The molecule has 0 saturated carbocycles. The van der Waals surface area contributed by atoms with Crippen LogP contribution in [0.4, 0.5) is 0 Å². The number of aryl methyl sites for hydroxylation is 2. The Balaban J connectivity index is 1.39. The maximum atomic E-state index is 13.0. The third-order valence-corrected chi connectivity index (χ3v) is 6.82. The molecule has 186 valence electrons. The van der Waals surface area contributed by atoms with Gasteiger partial charge in [-0.3, -0.25) is 4.79 Å². The molecule has 5 rings (SSSR count). The Kier molecular flexibility index (Phi) is 6.26. The molecule has 1 unspecified atom stereocenters. The number of carbonyl (C=O) groups excluding carboxylic acids is 1. The zero-order valence-electron chi connectivity index (χ0n) is 20.2. The van der Waals surface area contributed by atoms with Crippen molar-refractivity contribution in [3.05, 3.63) is 75.3 Å². The zero-order valence-corrected chi connectivity index (χ0v) is 20.2. The number of carboxylic acids is 1. The van der Waals surface area contributed by atoms with E-state index in [2.05, 4.69) is 10.3 Å². The Hall–Kier alpha value is -4.07. The number of carbonyl (C=O) groups is 2. The van der Waals surface area contributed by atoms with Gasteiger partial charge in [0.15, 0.2) is 6.10 Å². The molecule has 1 amide bonds. The molecule has 8 heteroatoms. The standard InChI is InChI=1S/C28H28N2O6/c1-15-11-23(25-19-8-3-4-9-20(19)28(34)36-24(25)12-15)35-16(2)26(31)30-22(27(32)33)13-17-14-29-21-10-6-5-7-18(17)21/h5-7,10-12,14,16,22,29H,3-4,8-9,13H2,1-2H3,(H,30,31)(H,32,33)/t16?,22-/m0/s1. The average Bonchev–Trinajstić information content (AvgIpc) is 3.26. The number of aromatic amines is 1. The molecule has 0 saturated heterocycles. The highest BCUT2D eigenvalue weighted by Gasteiger charge is 2.27. The van der Waals surface area contributed by atoms with E-state index in [0.29, 0.717) is 28.7 Å². The lowest BCUT2D eigenvalue weighted by Crippen LogP contribution is -2.47. The lowest BCUT2D eigenvalue weighted by atomic mass is 9.90. The predicted molar refractivity (Wildman–Crippen MR) is 136 cm³/mol. The number of aliphatic carboxylic acids is 1. The summed E-state index contributed by atoms with van der Waals surface area (Å²) in [4.78, 5) is 40.6. The third-order valence-electron chi connectivity index (χ3n) is 6.82. The van der Waals surface area contributed by atoms with Gasteiger partial charge in [0.2, 0.25) is 0 Å². The molecule has 4 aromatic rings. The lowest BCUT2D eigenvalue weighted by Gasteiger charge is -2.22. The van der Waals surface area contributed by atoms with E-state index >= 15 is 0 Å². The number of benzene rings is 2. The largest absolute Gasteiger partial charge is 0.480 e. The van der Waals surface area contributed by atoms with Crippen LogP contribution in [0.5, 0.6) is 5.75 Å². The topological polar surface area (TPSA) is 122 Å². The van der Waals surface area contributed by atoms with Gasteiger partial charge in [0, 0.05) is 29.1 Å². The van der Waals surface area contributed by atoms with Crippen molar-refractivity contribution in [3.8, 4) is 5.75 Å². The van der Waals surface area contributed by atoms with E-state index in [-0.39, 0.29) is 12.0 Å². The Bertz CT molecular complexity index is 1530. The summed E-state index contributed by atoms with van der Waals surface area (Å²) in [5.74, 6) is -1.21. The molecule has 2 atom stereocenters. The minimum Gasteiger partial charge on any atom is -0.480 e. The number of rotatable bonds is 7. The van der Waals surface area contributed by atoms with Crippen molar-refractivity contribution in [1.82, 2.24) is 10.3 Å². The Morgan fingerprint density at radius 3 is 2.69 bits per heavy atom. The molecule has 0 aliphatic heterocycles. The number of H-pyrrole nitrogens is 1. The fraction of sp³-hybridized carbons (Fsp3) is 0.321. The molecule has 1 aliphatic carbocycles. The van der Waals surface area contributed by atoms with Gasteiger partial charge < -0.3 is 24.6 Å². The fourth-order valence-electron chi connectivity index (χ4n) is 5.01. The molecule has 0 radical (unpaired) electrons. The summed E-state index contributed by atoms with van der Waals surface area (Å²) >= 11 is 0. The number of ether oxygens (including phenoxy) is 1. The van der Waals surface area contributed by atoms with Crippen LogP contribution in [0, 0.1) is 6.92 Å². The molecular formula is C28H28N2O6. The van der Waals surface area contributed by atoms with E-state index in [1.165, 1.54) is 0 Å². The van der Waals surface area contributed by atoms with E-state index in [4.69, 9.17) is 9.15 Å². The Morgan fingerprint density at radius 2 is 1.92 bits per heavy atom. The minimum atomic E-state index is -1.13. The third kappa shape index (κ3) is 4.46. The fourth-order valence-corrected chi connectivity index (χ4v) is 5.01. The van der Waals surface area contributed by atoms with E-state index in [1.54, 1.807) is 19.2 Å². The lowest BCUT2D eigenvalue weighted by molar-refractivity contribution is -0.142. The van der Waals surface area contributed by atoms with Gasteiger partial charge in [-0.1, -0.05) is 18.2 Å². The van der Waals surface area contributed by atoms with Crippen molar-refractivity contribution in [1.29, 1.82) is 0 Å². The monoisotopic (exact) mass is 488 g/mol. The molecule has 0 bridgehead atoms. The predicted octanol–water partition coefficient (Wildman–Crippen LogP) is 4.04. The number of para-hydroxylation sites is 1. The SMILES string of the molecule is Cc1cc(OC(C)C(=O)N[C@@H](Cc2c[nH]c3ccccc23)C(=O)O)c2c3c(c(=O)oc2c1)CCCC3. The zero-order chi connectivity index (χ0) is 25.4. The second kappa shape index (κ2) is 9.53. The van der Waals surface area contributed by atoms with E-state index < -0.39 is 24.0 Å². The number of carboxylic acid groups (broad SMARTS) is 1. The van der Waals surface area contributed by atoms with Gasteiger partial charge in [0.1, 0.15) is 17.4 Å². The van der Waals surface area contributed by atoms with Gasteiger partial charge in [0.05, 0.1) is 5.39 Å². The van der Waals surface area contributed by atoms with Crippen LogP contribution < -0.4 is 15.7 Å². The van der Waals surface area contributed by atoms with Gasteiger partial charge in [-0.15, -0.1) is 0 Å². The highest BCUT2D eigenvalue weighted by atomic mass is 16.5. The highest BCUT2D eigenvalue weighted by Crippen LogP contribution is 2.35. The second-order valence-electron chi connectivity index (χ2n) is 9.41. The van der Waals surface area contributed by atoms with Crippen molar-refractivity contribution >= 4 is 33.7 Å². The van der Waals surface area contributed by atoms with Crippen LogP contribution in [0.2, 0.25) is 0 Å². The maximum absolute atomic E-state index is 13.0. The number of nitrogens with one attached hydrogen (secondary N) is 2. The van der Waals surface area contributed by atoms with E-state index in [9.17, 15) is 19.5 Å². The Labute approximate surface area is 207 Å². The van der Waals surface area contributed by atoms with Crippen molar-refractivity contribution in [3.63, 3.8) is 0 Å². The summed E-state index contributed by atoms with van der Waals surface area (Å²) in [6, 6.07) is 10.1. The molecule has 0 spiro atoms. The summed E-state index contributed by atoms with van der Waals surface area (Å²) in [7, 11) is 0. The van der Waals surface area contributed by atoms with Crippen molar-refractivity contribution < 1.29 is 23.8 Å². The molecule has 3 N–H and O–H groups in total. The van der Waals surface area contributed by atoms with Gasteiger partial charge in [-0.25, -0.2) is 9.59 Å². The van der Waals surface area contributed by atoms with Crippen molar-refractivity contribution in [2.75, 3.05) is 0 Å². The van der Waals surface area contributed by atoms with Crippen LogP contribution in [0.25, 0.3) is 21.9 Å². The summed E-state index contributed by atoms with van der Waals surface area (Å²) in [5.41, 5.74) is 4.24. The van der Waals surface area contributed by atoms with Gasteiger partial charge in [-0.2, -0.15) is 0 Å². The minimum absolute atomic E-state index is 0.129. The molecule has 8 nitrogen and oxygen atoms in total. The van der Waals surface area contributed by atoms with E-state index in [0.717, 1.165) is 46.9 Å². The molecule has 2 aromatic heterocycles. The van der Waals surface area contributed by atoms with Gasteiger partial charge >= 0.3 is 11.6 Å². The van der Waals surface area contributed by atoms with Crippen LogP contribution in [-0.2, 0) is 28.9 Å². The highest BCUT2D eigenvalue weighted by molar-refractivity contribution is 5.91. The Morgan fingerprint density at radius 1 is 1.17 bits per heavy atom. The first-order valence-corrected chi connectivity index (χ1v) is 12.2. The van der Waals surface area contributed by atoms with Crippen LogP contribution in [0.1, 0.15) is 42.0 Å². The molecule has 1 aliphatic rings. The van der Waals surface area contributed by atoms with Crippen LogP contribution in [0.15, 0.2) is 51.8 Å². The van der Waals surface area contributed by atoms with Crippen LogP contribution in [0.3, 0.4) is 0 Å². The molecule has 36 heavy (non-hydrogen) atoms. The number of aromatic nitrogens is 1. The maximum Gasteiger partial charge on any atom is 0.339 e. The number of fused-ring (bicyclic) bond motifs is 4. The van der Waals surface area contributed by atoms with Gasteiger partial charge in [-0.05, 0) is 74.4 Å². The number of amides is 1.